The Morgan fingerprint density at radius 2 is 1.88 bits per heavy atom. The molecule has 1 fully saturated rings. The normalized spacial score (nSPS) is 16.2. The minimum atomic E-state index is -3.62. The van der Waals surface area contributed by atoms with Gasteiger partial charge in [-0.3, -0.25) is 9.78 Å². The molecule has 1 aliphatic heterocycles. The summed E-state index contributed by atoms with van der Waals surface area (Å²) in [5, 5.41) is 2.74. The molecule has 2 N–H and O–H groups in total. The predicted octanol–water partition coefficient (Wildman–Crippen LogP) is 2.84. The highest BCUT2D eigenvalue weighted by molar-refractivity contribution is 7.89. The van der Waals surface area contributed by atoms with Crippen molar-refractivity contribution < 1.29 is 13.2 Å². The Labute approximate surface area is 153 Å². The Balaban J connectivity index is 1.91. The molecule has 1 amide bonds. The van der Waals surface area contributed by atoms with Crippen molar-refractivity contribution in [3.63, 3.8) is 0 Å². The van der Waals surface area contributed by atoms with E-state index in [4.69, 9.17) is 0 Å². The van der Waals surface area contributed by atoms with Gasteiger partial charge in [-0.05, 0) is 44.4 Å². The molecule has 26 heavy (non-hydrogen) atoms. The van der Waals surface area contributed by atoms with E-state index >= 15 is 0 Å². The third kappa shape index (κ3) is 3.66. The van der Waals surface area contributed by atoms with Crippen LogP contribution in [0.1, 0.15) is 47.4 Å². The molecule has 0 radical (unpaired) electrons. The molecule has 8 heteroatoms. The fourth-order valence-electron chi connectivity index (χ4n) is 3.39. The molecule has 0 aromatic carbocycles. The number of nitrogens with zero attached hydrogens (tertiary/aromatic N) is 2. The van der Waals surface area contributed by atoms with E-state index in [9.17, 15) is 13.2 Å². The molecule has 0 aliphatic carbocycles. The van der Waals surface area contributed by atoms with Gasteiger partial charge < -0.3 is 10.3 Å². The van der Waals surface area contributed by atoms with Crippen LogP contribution in [0, 0.1) is 13.8 Å². The van der Waals surface area contributed by atoms with E-state index in [0.717, 1.165) is 25.7 Å². The van der Waals surface area contributed by atoms with E-state index in [0.29, 0.717) is 30.0 Å². The summed E-state index contributed by atoms with van der Waals surface area (Å²) in [6, 6.07) is 3.45. The molecule has 1 aliphatic rings. The predicted molar refractivity (Wildman–Crippen MR) is 99.7 cm³/mol. The zero-order chi connectivity index (χ0) is 18.7. The van der Waals surface area contributed by atoms with Crippen molar-refractivity contribution in [3.05, 3.63) is 41.5 Å². The molecule has 3 rings (SSSR count). The Morgan fingerprint density at radius 1 is 1.19 bits per heavy atom. The van der Waals surface area contributed by atoms with Crippen LogP contribution in [0.15, 0.2) is 29.4 Å². The molecule has 7 nitrogen and oxygen atoms in total. The van der Waals surface area contributed by atoms with E-state index < -0.39 is 10.0 Å². The van der Waals surface area contributed by atoms with Gasteiger partial charge >= 0.3 is 0 Å². The van der Waals surface area contributed by atoms with Gasteiger partial charge in [-0.15, -0.1) is 0 Å². The summed E-state index contributed by atoms with van der Waals surface area (Å²) in [5.74, 6) is -0.379. The summed E-state index contributed by atoms with van der Waals surface area (Å²) < 4.78 is 27.8. The highest BCUT2D eigenvalue weighted by Gasteiger charge is 2.32. The number of H-pyrrole nitrogens is 1. The number of nitrogens with one attached hydrogen (secondary N) is 2. The number of sulfonamides is 1. The molecule has 3 heterocycles. The second-order valence-corrected chi connectivity index (χ2v) is 8.47. The van der Waals surface area contributed by atoms with Crippen LogP contribution >= 0.6 is 0 Å². The van der Waals surface area contributed by atoms with Gasteiger partial charge in [0.2, 0.25) is 10.0 Å². The van der Waals surface area contributed by atoms with Gasteiger partial charge in [-0.25, -0.2) is 8.42 Å². The van der Waals surface area contributed by atoms with Crippen molar-refractivity contribution in [3.8, 4) is 0 Å². The Morgan fingerprint density at radius 3 is 2.50 bits per heavy atom. The van der Waals surface area contributed by atoms with Gasteiger partial charge in [-0.2, -0.15) is 4.31 Å². The summed E-state index contributed by atoms with van der Waals surface area (Å²) >= 11 is 0. The highest BCUT2D eigenvalue weighted by Crippen LogP contribution is 2.28. The zero-order valence-corrected chi connectivity index (χ0v) is 15.9. The first kappa shape index (κ1) is 18.6. The van der Waals surface area contributed by atoms with Gasteiger partial charge in [0.25, 0.3) is 5.91 Å². The average molecular weight is 376 g/mol. The second-order valence-electron chi connectivity index (χ2n) is 6.59. The fraction of sp³-hybridized carbons (Fsp3) is 0.444. The van der Waals surface area contributed by atoms with E-state index in [1.807, 2.05) is 0 Å². The van der Waals surface area contributed by atoms with Gasteiger partial charge in [0.05, 0.1) is 11.9 Å². The van der Waals surface area contributed by atoms with Crippen LogP contribution in [0.2, 0.25) is 0 Å². The van der Waals surface area contributed by atoms with Crippen molar-refractivity contribution in [1.82, 2.24) is 14.3 Å². The van der Waals surface area contributed by atoms with Crippen LogP contribution in [0.4, 0.5) is 5.69 Å². The molecule has 140 valence electrons. The van der Waals surface area contributed by atoms with Gasteiger partial charge in [-0.1, -0.05) is 12.8 Å². The first-order valence-electron chi connectivity index (χ1n) is 8.82. The molecular formula is C18H24N4O3S. The summed E-state index contributed by atoms with van der Waals surface area (Å²) in [4.78, 5) is 19.7. The molecule has 2 aromatic heterocycles. The molecule has 0 spiro atoms. The van der Waals surface area contributed by atoms with Crippen molar-refractivity contribution in [2.45, 2.75) is 44.4 Å². The quantitative estimate of drug-likeness (QED) is 0.858. The summed E-state index contributed by atoms with van der Waals surface area (Å²) in [6.45, 7) is 4.43. The molecule has 2 aromatic rings. The molecule has 1 saturated heterocycles. The summed E-state index contributed by atoms with van der Waals surface area (Å²) in [6.07, 6.45) is 7.00. The first-order valence-corrected chi connectivity index (χ1v) is 10.3. The van der Waals surface area contributed by atoms with E-state index in [1.165, 1.54) is 6.20 Å². The number of carbonyl (C=O) groups is 1. The van der Waals surface area contributed by atoms with Crippen molar-refractivity contribution in [2.24, 2.45) is 0 Å². The number of amides is 1. The SMILES string of the molecule is Cc1[nH]c(C(=O)Nc2cccnc2)c(C)c1S(=O)(=O)N1CCCCCC1. The van der Waals surface area contributed by atoms with Crippen molar-refractivity contribution in [2.75, 3.05) is 18.4 Å². The number of hydrogen-bond acceptors (Lipinski definition) is 4. The van der Waals surface area contributed by atoms with Gasteiger partial charge in [0.15, 0.2) is 0 Å². The van der Waals surface area contributed by atoms with Crippen LogP contribution in [-0.2, 0) is 10.0 Å². The number of anilines is 1. The smallest absolute Gasteiger partial charge is 0.272 e. The third-order valence-electron chi connectivity index (χ3n) is 4.68. The maximum atomic E-state index is 13.1. The van der Waals surface area contributed by atoms with Crippen LogP contribution in [0.5, 0.6) is 0 Å². The summed E-state index contributed by atoms with van der Waals surface area (Å²) in [7, 11) is -3.62. The Kier molecular flexibility index (Phi) is 5.43. The van der Waals surface area contributed by atoms with E-state index in [-0.39, 0.29) is 16.5 Å². The number of hydrogen-bond donors (Lipinski definition) is 2. The van der Waals surface area contributed by atoms with E-state index in [1.54, 1.807) is 36.5 Å². The molecule has 0 atom stereocenters. The van der Waals surface area contributed by atoms with Crippen molar-refractivity contribution >= 4 is 21.6 Å². The molecule has 0 unspecified atom stereocenters. The molecule has 0 bridgehead atoms. The van der Waals surface area contributed by atoms with Gasteiger partial charge in [0, 0.05) is 25.0 Å². The number of aryl methyl sites for hydroxylation is 1. The Bertz CT molecular complexity index is 883. The number of aromatic amines is 1. The van der Waals surface area contributed by atoms with Crippen LogP contribution in [0.3, 0.4) is 0 Å². The zero-order valence-electron chi connectivity index (χ0n) is 15.1. The van der Waals surface area contributed by atoms with Crippen LogP contribution in [-0.4, -0.2) is 41.7 Å². The minimum absolute atomic E-state index is 0.218. The lowest BCUT2D eigenvalue weighted by Gasteiger charge is -2.20. The van der Waals surface area contributed by atoms with E-state index in [2.05, 4.69) is 15.3 Å². The number of carbonyl (C=O) groups excluding carboxylic acids is 1. The third-order valence-corrected chi connectivity index (χ3v) is 6.85. The lowest BCUT2D eigenvalue weighted by Crippen LogP contribution is -2.32. The number of pyridine rings is 1. The maximum absolute atomic E-state index is 13.1. The van der Waals surface area contributed by atoms with Gasteiger partial charge in [0.1, 0.15) is 10.6 Å². The van der Waals surface area contributed by atoms with Crippen LogP contribution in [0.25, 0.3) is 0 Å². The second kappa shape index (κ2) is 7.59. The highest BCUT2D eigenvalue weighted by atomic mass is 32.2. The minimum Gasteiger partial charge on any atom is -0.353 e. The fourth-order valence-corrected chi connectivity index (χ4v) is 5.31. The van der Waals surface area contributed by atoms with Crippen LogP contribution < -0.4 is 5.32 Å². The van der Waals surface area contributed by atoms with Crippen molar-refractivity contribution in [1.29, 1.82) is 0 Å². The Hall–Kier alpha value is -2.19. The molecule has 0 saturated carbocycles. The maximum Gasteiger partial charge on any atom is 0.272 e. The topological polar surface area (TPSA) is 95.2 Å². The monoisotopic (exact) mass is 376 g/mol. The standard InChI is InChI=1S/C18H24N4O3S/c1-13-16(18(23)21-15-8-7-9-19-12-15)20-14(2)17(13)26(24,25)22-10-5-3-4-6-11-22/h7-9,12,20H,3-6,10-11H2,1-2H3,(H,21,23). The average Bonchev–Trinajstić information content (AvgIpc) is 2.80. The lowest BCUT2D eigenvalue weighted by atomic mass is 10.2. The number of aromatic nitrogens is 2. The lowest BCUT2D eigenvalue weighted by molar-refractivity contribution is 0.102. The summed E-state index contributed by atoms with van der Waals surface area (Å²) in [5.41, 5.74) is 1.76. The first-order chi connectivity index (χ1) is 12.4. The largest absolute Gasteiger partial charge is 0.353 e. The number of rotatable bonds is 4. The molecular weight excluding hydrogens is 352 g/mol.